The van der Waals surface area contributed by atoms with Gasteiger partial charge in [-0.05, 0) is 32.9 Å². The van der Waals surface area contributed by atoms with E-state index in [1.54, 1.807) is 0 Å². The molecular formula is C18H39N. The van der Waals surface area contributed by atoms with Crippen molar-refractivity contribution >= 4 is 0 Å². The maximum atomic E-state index is 2.52. The van der Waals surface area contributed by atoms with Gasteiger partial charge in [-0.1, -0.05) is 78.6 Å². The molecule has 0 radical (unpaired) electrons. The Morgan fingerprint density at radius 1 is 0.684 bits per heavy atom. The minimum Gasteiger partial charge on any atom is -0.303 e. The first kappa shape index (κ1) is 19.0. The van der Waals surface area contributed by atoms with Gasteiger partial charge in [0.05, 0.1) is 0 Å². The van der Waals surface area contributed by atoms with Crippen molar-refractivity contribution in [1.82, 2.24) is 4.90 Å². The SMILES string of the molecule is CCCCCCCCCCCCN(C)C(C)C(C)C. The molecule has 0 aromatic rings. The van der Waals surface area contributed by atoms with Crippen LogP contribution in [0.25, 0.3) is 0 Å². The van der Waals surface area contributed by atoms with E-state index in [-0.39, 0.29) is 0 Å². The quantitative estimate of drug-likeness (QED) is 0.377. The van der Waals surface area contributed by atoms with E-state index in [1.165, 1.54) is 70.8 Å². The number of nitrogens with zero attached hydrogens (tertiary/aromatic N) is 1. The summed E-state index contributed by atoms with van der Waals surface area (Å²) in [6.07, 6.45) is 14.3. The second-order valence-electron chi connectivity index (χ2n) is 6.65. The van der Waals surface area contributed by atoms with E-state index >= 15 is 0 Å². The molecule has 116 valence electrons. The second kappa shape index (κ2) is 13.0. The number of unbranched alkanes of at least 4 members (excludes halogenated alkanes) is 9. The minimum atomic E-state index is 0.721. The summed E-state index contributed by atoms with van der Waals surface area (Å²) in [5.41, 5.74) is 0. The molecule has 0 aromatic heterocycles. The van der Waals surface area contributed by atoms with Crippen molar-refractivity contribution in [3.8, 4) is 0 Å². The highest BCUT2D eigenvalue weighted by molar-refractivity contribution is 4.66. The van der Waals surface area contributed by atoms with Gasteiger partial charge in [-0.3, -0.25) is 0 Å². The topological polar surface area (TPSA) is 3.24 Å². The van der Waals surface area contributed by atoms with Gasteiger partial charge in [0.25, 0.3) is 0 Å². The number of rotatable bonds is 13. The third-order valence-corrected chi connectivity index (χ3v) is 4.52. The monoisotopic (exact) mass is 269 g/mol. The zero-order valence-electron chi connectivity index (χ0n) is 14.4. The molecule has 0 heterocycles. The van der Waals surface area contributed by atoms with Crippen molar-refractivity contribution in [3.63, 3.8) is 0 Å². The molecule has 0 N–H and O–H groups in total. The summed E-state index contributed by atoms with van der Waals surface area (Å²) in [6.45, 7) is 10.5. The van der Waals surface area contributed by atoms with Crippen LogP contribution in [0.1, 0.15) is 91.9 Å². The van der Waals surface area contributed by atoms with E-state index in [1.807, 2.05) is 0 Å². The van der Waals surface area contributed by atoms with Gasteiger partial charge in [0.1, 0.15) is 0 Å². The lowest BCUT2D eigenvalue weighted by Gasteiger charge is -2.27. The molecular weight excluding hydrogens is 230 g/mol. The Balaban J connectivity index is 3.22. The van der Waals surface area contributed by atoms with Crippen molar-refractivity contribution in [2.24, 2.45) is 5.92 Å². The van der Waals surface area contributed by atoms with Crippen LogP contribution in [0.3, 0.4) is 0 Å². The van der Waals surface area contributed by atoms with Crippen LogP contribution >= 0.6 is 0 Å². The maximum Gasteiger partial charge on any atom is 0.00868 e. The first-order chi connectivity index (χ1) is 9.09. The zero-order valence-corrected chi connectivity index (χ0v) is 14.4. The molecule has 19 heavy (non-hydrogen) atoms. The fourth-order valence-electron chi connectivity index (χ4n) is 2.56. The third-order valence-electron chi connectivity index (χ3n) is 4.52. The summed E-state index contributed by atoms with van der Waals surface area (Å²) in [5, 5.41) is 0. The Kier molecular flexibility index (Phi) is 12.9. The second-order valence-corrected chi connectivity index (χ2v) is 6.65. The largest absolute Gasteiger partial charge is 0.303 e. The van der Waals surface area contributed by atoms with Crippen LogP contribution in [0.2, 0.25) is 0 Å². The molecule has 0 rings (SSSR count). The van der Waals surface area contributed by atoms with Gasteiger partial charge in [0.15, 0.2) is 0 Å². The molecule has 0 aliphatic rings. The van der Waals surface area contributed by atoms with Gasteiger partial charge in [0, 0.05) is 6.04 Å². The van der Waals surface area contributed by atoms with Crippen molar-refractivity contribution < 1.29 is 0 Å². The van der Waals surface area contributed by atoms with Crippen LogP contribution < -0.4 is 0 Å². The van der Waals surface area contributed by atoms with Crippen LogP contribution in [0, 0.1) is 5.92 Å². The molecule has 0 aromatic carbocycles. The highest BCUT2D eigenvalue weighted by Gasteiger charge is 2.11. The molecule has 0 aliphatic carbocycles. The Labute approximate surface area is 123 Å². The molecule has 0 saturated carbocycles. The first-order valence-electron chi connectivity index (χ1n) is 8.79. The molecule has 1 heteroatoms. The van der Waals surface area contributed by atoms with E-state index in [4.69, 9.17) is 0 Å². The Bertz CT molecular complexity index is 177. The Morgan fingerprint density at radius 3 is 1.53 bits per heavy atom. The molecule has 0 aliphatic heterocycles. The van der Waals surface area contributed by atoms with Gasteiger partial charge < -0.3 is 4.90 Å². The highest BCUT2D eigenvalue weighted by Crippen LogP contribution is 2.12. The average molecular weight is 270 g/mol. The predicted molar refractivity (Wildman–Crippen MR) is 88.8 cm³/mol. The van der Waals surface area contributed by atoms with Crippen LogP contribution in [0.5, 0.6) is 0 Å². The number of hydrogen-bond donors (Lipinski definition) is 0. The number of hydrogen-bond acceptors (Lipinski definition) is 1. The van der Waals surface area contributed by atoms with E-state index in [2.05, 4.69) is 39.6 Å². The van der Waals surface area contributed by atoms with E-state index in [0.717, 1.165) is 12.0 Å². The summed E-state index contributed by atoms with van der Waals surface area (Å²) >= 11 is 0. The molecule has 0 saturated heterocycles. The van der Waals surface area contributed by atoms with Crippen LogP contribution in [-0.4, -0.2) is 24.5 Å². The predicted octanol–water partition coefficient (Wildman–Crippen LogP) is 5.88. The molecule has 0 spiro atoms. The summed E-state index contributed by atoms with van der Waals surface area (Å²) in [7, 11) is 2.28. The molecule has 0 amide bonds. The van der Waals surface area contributed by atoms with E-state index in [9.17, 15) is 0 Å². The summed E-state index contributed by atoms with van der Waals surface area (Å²) in [4.78, 5) is 2.52. The first-order valence-corrected chi connectivity index (χ1v) is 8.79. The molecule has 1 atom stereocenters. The van der Waals surface area contributed by atoms with Crippen molar-refractivity contribution in [2.45, 2.75) is 97.9 Å². The highest BCUT2D eigenvalue weighted by atomic mass is 15.1. The van der Waals surface area contributed by atoms with Gasteiger partial charge in [-0.15, -0.1) is 0 Å². The van der Waals surface area contributed by atoms with Crippen LogP contribution in [-0.2, 0) is 0 Å². The maximum absolute atomic E-state index is 2.52. The molecule has 1 unspecified atom stereocenters. The third kappa shape index (κ3) is 11.5. The smallest absolute Gasteiger partial charge is 0.00868 e. The Hall–Kier alpha value is -0.0400. The van der Waals surface area contributed by atoms with Crippen molar-refractivity contribution in [2.75, 3.05) is 13.6 Å². The molecule has 0 bridgehead atoms. The van der Waals surface area contributed by atoms with Gasteiger partial charge >= 0.3 is 0 Å². The zero-order chi connectivity index (χ0) is 14.5. The summed E-state index contributed by atoms with van der Waals surface area (Å²) in [5.74, 6) is 0.771. The van der Waals surface area contributed by atoms with Crippen LogP contribution in [0.4, 0.5) is 0 Å². The van der Waals surface area contributed by atoms with Crippen molar-refractivity contribution in [3.05, 3.63) is 0 Å². The van der Waals surface area contributed by atoms with Gasteiger partial charge in [-0.25, -0.2) is 0 Å². The average Bonchev–Trinajstić information content (AvgIpc) is 2.39. The lowest BCUT2D eigenvalue weighted by molar-refractivity contribution is 0.204. The van der Waals surface area contributed by atoms with Crippen LogP contribution in [0.15, 0.2) is 0 Å². The van der Waals surface area contributed by atoms with Gasteiger partial charge in [0.2, 0.25) is 0 Å². The normalized spacial score (nSPS) is 13.4. The van der Waals surface area contributed by atoms with E-state index in [0.29, 0.717) is 0 Å². The minimum absolute atomic E-state index is 0.721. The van der Waals surface area contributed by atoms with E-state index < -0.39 is 0 Å². The fourth-order valence-corrected chi connectivity index (χ4v) is 2.56. The lowest BCUT2D eigenvalue weighted by atomic mass is 10.0. The summed E-state index contributed by atoms with van der Waals surface area (Å²) < 4.78 is 0. The molecule has 0 fully saturated rings. The fraction of sp³-hybridized carbons (Fsp3) is 1.00. The van der Waals surface area contributed by atoms with Crippen molar-refractivity contribution in [1.29, 1.82) is 0 Å². The summed E-state index contributed by atoms with van der Waals surface area (Å²) in [6, 6.07) is 0.721. The standard InChI is InChI=1S/C18H39N/c1-6-7-8-9-10-11-12-13-14-15-16-19(5)18(4)17(2)3/h17-18H,6-16H2,1-5H3. The lowest BCUT2D eigenvalue weighted by Crippen LogP contribution is -2.33. The van der Waals surface area contributed by atoms with Gasteiger partial charge in [-0.2, -0.15) is 0 Å². The molecule has 1 nitrogen and oxygen atoms in total. The Morgan fingerprint density at radius 2 is 1.11 bits per heavy atom.